The summed E-state index contributed by atoms with van der Waals surface area (Å²) in [6, 6.07) is 23.1. The van der Waals surface area contributed by atoms with Gasteiger partial charge in [-0.15, -0.1) is 0 Å². The molecule has 0 atom stereocenters. The van der Waals surface area contributed by atoms with Crippen LogP contribution in [0.15, 0.2) is 66.7 Å². The van der Waals surface area contributed by atoms with Crippen LogP contribution in [-0.4, -0.2) is 23.1 Å². The van der Waals surface area contributed by atoms with Crippen LogP contribution >= 0.6 is 0 Å². The molecule has 0 bridgehead atoms. The second-order valence-electron chi connectivity index (χ2n) is 9.69. The summed E-state index contributed by atoms with van der Waals surface area (Å²) in [5.74, 6) is 1.89. The summed E-state index contributed by atoms with van der Waals surface area (Å²) < 4.78 is 0. The Kier molecular flexibility index (Phi) is 12.4. The van der Waals surface area contributed by atoms with E-state index in [9.17, 15) is 0 Å². The van der Waals surface area contributed by atoms with E-state index in [0.717, 1.165) is 41.6 Å². The largest absolute Gasteiger partial charge is 0.356 e. The monoisotopic (exact) mass is 471 g/mol. The van der Waals surface area contributed by atoms with Crippen LogP contribution in [0.1, 0.15) is 90.9 Å². The molecule has 3 rings (SSSR count). The second-order valence-corrected chi connectivity index (χ2v) is 9.69. The minimum atomic E-state index is 0.817. The molecule has 0 amide bonds. The molecule has 0 aliphatic carbocycles. The van der Waals surface area contributed by atoms with E-state index in [1.165, 1.54) is 77.0 Å². The summed E-state index contributed by atoms with van der Waals surface area (Å²) in [7, 11) is 0. The zero-order valence-corrected chi connectivity index (χ0v) is 22.1. The average Bonchev–Trinajstić information content (AvgIpc) is 2.92. The van der Waals surface area contributed by atoms with Crippen LogP contribution in [0, 0.1) is 0 Å². The zero-order valence-electron chi connectivity index (χ0n) is 22.1. The van der Waals surface area contributed by atoms with Gasteiger partial charge in [0.15, 0.2) is 5.82 Å². The van der Waals surface area contributed by atoms with E-state index >= 15 is 0 Å². The highest BCUT2D eigenvalue weighted by molar-refractivity contribution is 5.67. The maximum Gasteiger partial charge on any atom is 0.162 e. The van der Waals surface area contributed by atoms with E-state index in [0.29, 0.717) is 0 Å². The zero-order chi connectivity index (χ0) is 24.6. The third-order valence-electron chi connectivity index (χ3n) is 6.70. The van der Waals surface area contributed by atoms with Crippen molar-refractivity contribution in [3.8, 4) is 22.6 Å². The summed E-state index contributed by atoms with van der Waals surface area (Å²) in [6.07, 6.45) is 15.8. The van der Waals surface area contributed by atoms with E-state index in [2.05, 4.69) is 85.5 Å². The third kappa shape index (κ3) is 9.47. The number of nitrogens with zero attached hydrogens (tertiary/aromatic N) is 3. The fourth-order valence-electron chi connectivity index (χ4n) is 4.58. The van der Waals surface area contributed by atoms with Gasteiger partial charge in [-0.05, 0) is 12.8 Å². The predicted molar refractivity (Wildman–Crippen MR) is 152 cm³/mol. The Bertz CT molecular complexity index is 866. The van der Waals surface area contributed by atoms with Gasteiger partial charge >= 0.3 is 0 Å². The standard InChI is InChI=1S/C32H45N3/c1-3-5-7-9-11-19-25-35(26-20-12-10-8-6-4-2)31-27-30(28-21-15-13-16-22-28)33-32(34-31)29-23-17-14-18-24-29/h13-18,21-24,27H,3-12,19-20,25-26H2,1-2H3. The van der Waals surface area contributed by atoms with E-state index in [-0.39, 0.29) is 0 Å². The fraction of sp³-hybridized carbons (Fsp3) is 0.500. The Balaban J connectivity index is 1.81. The molecule has 0 N–H and O–H groups in total. The molecule has 0 saturated heterocycles. The molecule has 188 valence electrons. The third-order valence-corrected chi connectivity index (χ3v) is 6.70. The van der Waals surface area contributed by atoms with Crippen molar-refractivity contribution in [2.24, 2.45) is 0 Å². The molecular weight excluding hydrogens is 426 g/mol. The van der Waals surface area contributed by atoms with Crippen LogP contribution in [0.3, 0.4) is 0 Å². The van der Waals surface area contributed by atoms with Crippen molar-refractivity contribution in [3.63, 3.8) is 0 Å². The van der Waals surface area contributed by atoms with Crippen molar-refractivity contribution >= 4 is 5.82 Å². The molecule has 0 fully saturated rings. The molecule has 0 aliphatic rings. The summed E-state index contributed by atoms with van der Waals surface area (Å²) >= 11 is 0. The number of anilines is 1. The summed E-state index contributed by atoms with van der Waals surface area (Å²) in [5, 5.41) is 0. The Hall–Kier alpha value is -2.68. The topological polar surface area (TPSA) is 29.0 Å². The Morgan fingerprint density at radius 3 is 1.57 bits per heavy atom. The molecule has 2 aromatic carbocycles. The van der Waals surface area contributed by atoms with E-state index in [1.807, 2.05) is 0 Å². The van der Waals surface area contributed by atoms with Gasteiger partial charge in [0.1, 0.15) is 5.82 Å². The lowest BCUT2D eigenvalue weighted by molar-refractivity contribution is 0.573. The first kappa shape index (κ1) is 26.9. The predicted octanol–water partition coefficient (Wildman–Crippen LogP) is 9.34. The summed E-state index contributed by atoms with van der Waals surface area (Å²) in [5.41, 5.74) is 3.23. The number of rotatable bonds is 17. The maximum absolute atomic E-state index is 5.10. The van der Waals surface area contributed by atoms with Crippen LogP contribution in [0.4, 0.5) is 5.82 Å². The highest BCUT2D eigenvalue weighted by Gasteiger charge is 2.14. The van der Waals surface area contributed by atoms with Gasteiger partial charge in [0, 0.05) is 30.3 Å². The highest BCUT2D eigenvalue weighted by atomic mass is 15.2. The van der Waals surface area contributed by atoms with Gasteiger partial charge in [0.05, 0.1) is 5.69 Å². The van der Waals surface area contributed by atoms with Crippen LogP contribution in [-0.2, 0) is 0 Å². The lowest BCUT2D eigenvalue weighted by atomic mass is 10.1. The first-order valence-corrected chi connectivity index (χ1v) is 14.1. The molecule has 0 spiro atoms. The highest BCUT2D eigenvalue weighted by Crippen LogP contribution is 2.27. The molecule has 0 unspecified atom stereocenters. The van der Waals surface area contributed by atoms with Gasteiger partial charge in [0.25, 0.3) is 0 Å². The smallest absolute Gasteiger partial charge is 0.162 e. The van der Waals surface area contributed by atoms with E-state index in [1.54, 1.807) is 0 Å². The van der Waals surface area contributed by atoms with Gasteiger partial charge in [-0.25, -0.2) is 9.97 Å². The lowest BCUT2D eigenvalue weighted by Gasteiger charge is -2.25. The minimum absolute atomic E-state index is 0.817. The molecule has 1 aromatic heterocycles. The number of hydrogen-bond donors (Lipinski definition) is 0. The van der Waals surface area contributed by atoms with Gasteiger partial charge in [-0.3, -0.25) is 0 Å². The van der Waals surface area contributed by atoms with Crippen molar-refractivity contribution in [2.45, 2.75) is 90.9 Å². The van der Waals surface area contributed by atoms with Gasteiger partial charge < -0.3 is 4.90 Å². The summed E-state index contributed by atoms with van der Waals surface area (Å²) in [4.78, 5) is 12.6. The van der Waals surface area contributed by atoms with Crippen LogP contribution < -0.4 is 4.90 Å². The van der Waals surface area contributed by atoms with Gasteiger partial charge in [0.2, 0.25) is 0 Å². The Labute approximate surface area is 214 Å². The van der Waals surface area contributed by atoms with Crippen LogP contribution in [0.25, 0.3) is 22.6 Å². The van der Waals surface area contributed by atoms with Crippen molar-refractivity contribution in [1.82, 2.24) is 9.97 Å². The van der Waals surface area contributed by atoms with E-state index < -0.39 is 0 Å². The molecular formula is C32H45N3. The van der Waals surface area contributed by atoms with Crippen LogP contribution in [0.2, 0.25) is 0 Å². The fourth-order valence-corrected chi connectivity index (χ4v) is 4.58. The number of benzene rings is 2. The van der Waals surface area contributed by atoms with Crippen molar-refractivity contribution in [1.29, 1.82) is 0 Å². The van der Waals surface area contributed by atoms with Gasteiger partial charge in [-0.1, -0.05) is 139 Å². The lowest BCUT2D eigenvalue weighted by Crippen LogP contribution is -2.27. The first-order chi connectivity index (χ1) is 17.3. The Morgan fingerprint density at radius 2 is 1.03 bits per heavy atom. The van der Waals surface area contributed by atoms with Crippen LogP contribution in [0.5, 0.6) is 0 Å². The van der Waals surface area contributed by atoms with Gasteiger partial charge in [-0.2, -0.15) is 0 Å². The SMILES string of the molecule is CCCCCCCCN(CCCCCCCC)c1cc(-c2ccccc2)nc(-c2ccccc2)n1. The second kappa shape index (κ2) is 16.1. The Morgan fingerprint density at radius 1 is 0.543 bits per heavy atom. The molecule has 0 saturated carbocycles. The van der Waals surface area contributed by atoms with Crippen molar-refractivity contribution < 1.29 is 0 Å². The van der Waals surface area contributed by atoms with E-state index in [4.69, 9.17) is 9.97 Å². The van der Waals surface area contributed by atoms with Crippen molar-refractivity contribution in [2.75, 3.05) is 18.0 Å². The summed E-state index contributed by atoms with van der Waals surface area (Å²) in [6.45, 7) is 6.71. The maximum atomic E-state index is 5.10. The number of aromatic nitrogens is 2. The normalized spacial score (nSPS) is 11.0. The number of unbranched alkanes of at least 4 members (excludes halogenated alkanes) is 10. The average molecular weight is 472 g/mol. The molecule has 0 aliphatic heterocycles. The molecule has 0 radical (unpaired) electrons. The minimum Gasteiger partial charge on any atom is -0.356 e. The molecule has 35 heavy (non-hydrogen) atoms. The molecule has 3 nitrogen and oxygen atoms in total. The molecule has 3 heteroatoms. The molecule has 3 aromatic rings. The quantitative estimate of drug-likeness (QED) is 0.184. The number of hydrogen-bond acceptors (Lipinski definition) is 3. The molecule has 1 heterocycles. The first-order valence-electron chi connectivity index (χ1n) is 14.1. The van der Waals surface area contributed by atoms with Crippen molar-refractivity contribution in [3.05, 3.63) is 66.7 Å².